The predicted octanol–water partition coefficient (Wildman–Crippen LogP) is 4.42. The zero-order chi connectivity index (χ0) is 15.6. The van der Waals surface area contributed by atoms with Crippen molar-refractivity contribution in [3.8, 4) is 17.0 Å². The summed E-state index contributed by atoms with van der Waals surface area (Å²) in [6.45, 7) is 10.1. The normalized spacial score (nSPS) is 11.2. The Kier molecular flexibility index (Phi) is 4.73. The molecule has 0 amide bonds. The topological polar surface area (TPSA) is 50.8 Å². The van der Waals surface area contributed by atoms with Gasteiger partial charge in [0, 0.05) is 23.2 Å². The van der Waals surface area contributed by atoms with Crippen LogP contribution >= 0.6 is 12.2 Å². The summed E-state index contributed by atoms with van der Waals surface area (Å²) in [7, 11) is 0. The van der Waals surface area contributed by atoms with Crippen molar-refractivity contribution in [2.75, 3.05) is 0 Å². The molecular weight excluding hydrogens is 282 g/mol. The zero-order valence-corrected chi connectivity index (χ0v) is 13.9. The third kappa shape index (κ3) is 3.67. The highest BCUT2D eigenvalue weighted by atomic mass is 32.1. The summed E-state index contributed by atoms with van der Waals surface area (Å²) in [6.07, 6.45) is 3.65. The molecule has 112 valence electrons. The average molecular weight is 303 g/mol. The molecule has 4 nitrogen and oxygen atoms in total. The van der Waals surface area contributed by atoms with Gasteiger partial charge in [0.1, 0.15) is 16.2 Å². The molecule has 0 aliphatic rings. The predicted molar refractivity (Wildman–Crippen MR) is 87.2 cm³/mol. The van der Waals surface area contributed by atoms with Crippen molar-refractivity contribution in [2.45, 2.75) is 46.6 Å². The van der Waals surface area contributed by atoms with Crippen LogP contribution in [0, 0.1) is 11.6 Å². The van der Waals surface area contributed by atoms with E-state index in [1.54, 1.807) is 6.20 Å². The lowest BCUT2D eigenvalue weighted by atomic mass is 10.1. The van der Waals surface area contributed by atoms with Gasteiger partial charge in [0.25, 0.3) is 0 Å². The van der Waals surface area contributed by atoms with Crippen molar-refractivity contribution in [3.63, 3.8) is 0 Å². The Hall–Kier alpha value is -1.75. The van der Waals surface area contributed by atoms with Crippen LogP contribution in [0.4, 0.5) is 0 Å². The molecule has 2 rings (SSSR count). The van der Waals surface area contributed by atoms with Crippen molar-refractivity contribution >= 4 is 12.2 Å². The highest BCUT2D eigenvalue weighted by Crippen LogP contribution is 2.26. The van der Waals surface area contributed by atoms with Gasteiger partial charge in [-0.2, -0.15) is 0 Å². The standard InChI is InChI=1S/C16H21N3OS/c1-9(2)15-18-14(11(5)16(21)19-15)12-6-13(8-17-7-12)20-10(3)4/h6-10H,1-5H3,(H,18,19,21). The van der Waals surface area contributed by atoms with E-state index in [1.807, 2.05) is 33.0 Å². The van der Waals surface area contributed by atoms with Gasteiger partial charge >= 0.3 is 0 Å². The minimum atomic E-state index is 0.116. The molecular formula is C16H21N3OS. The second-order valence-electron chi connectivity index (χ2n) is 5.66. The Bertz CT molecular complexity index is 692. The van der Waals surface area contributed by atoms with Crippen molar-refractivity contribution in [1.29, 1.82) is 0 Å². The van der Waals surface area contributed by atoms with E-state index < -0.39 is 0 Å². The SMILES string of the molecule is Cc1c(-c2cncc(OC(C)C)c2)[nH]c(C(C)C)nc1=S. The van der Waals surface area contributed by atoms with Crippen LogP contribution in [0.1, 0.15) is 45.0 Å². The second kappa shape index (κ2) is 6.35. The van der Waals surface area contributed by atoms with Gasteiger partial charge < -0.3 is 9.72 Å². The van der Waals surface area contributed by atoms with E-state index in [9.17, 15) is 0 Å². The summed E-state index contributed by atoms with van der Waals surface area (Å²) in [6, 6.07) is 1.98. The maximum absolute atomic E-state index is 5.71. The number of aromatic amines is 1. The Morgan fingerprint density at radius 3 is 2.52 bits per heavy atom. The van der Waals surface area contributed by atoms with Crippen LogP contribution in [0.3, 0.4) is 0 Å². The van der Waals surface area contributed by atoms with E-state index in [0.29, 0.717) is 4.64 Å². The van der Waals surface area contributed by atoms with Gasteiger partial charge in [-0.1, -0.05) is 26.1 Å². The molecule has 2 heterocycles. The van der Waals surface area contributed by atoms with Crippen LogP contribution in [0.2, 0.25) is 0 Å². The molecule has 0 spiro atoms. The van der Waals surface area contributed by atoms with Gasteiger partial charge in [-0.3, -0.25) is 4.98 Å². The third-order valence-electron chi connectivity index (χ3n) is 3.09. The molecule has 2 aromatic heterocycles. The number of nitrogens with zero attached hydrogens (tertiary/aromatic N) is 2. The van der Waals surface area contributed by atoms with Crippen molar-refractivity contribution in [3.05, 3.63) is 34.5 Å². The summed E-state index contributed by atoms with van der Waals surface area (Å²) >= 11 is 5.37. The average Bonchev–Trinajstić information content (AvgIpc) is 2.41. The van der Waals surface area contributed by atoms with E-state index in [-0.39, 0.29) is 12.0 Å². The fourth-order valence-corrected chi connectivity index (χ4v) is 2.20. The van der Waals surface area contributed by atoms with Gasteiger partial charge in [0.2, 0.25) is 0 Å². The first kappa shape index (κ1) is 15.6. The molecule has 5 heteroatoms. The number of H-pyrrole nitrogens is 1. The van der Waals surface area contributed by atoms with Gasteiger partial charge in [-0.15, -0.1) is 0 Å². The van der Waals surface area contributed by atoms with Crippen LogP contribution < -0.4 is 4.74 Å². The molecule has 0 atom stereocenters. The Labute approximate surface area is 130 Å². The molecule has 21 heavy (non-hydrogen) atoms. The van der Waals surface area contributed by atoms with E-state index in [2.05, 4.69) is 28.8 Å². The minimum absolute atomic E-state index is 0.116. The lowest BCUT2D eigenvalue weighted by Gasteiger charge is -2.13. The van der Waals surface area contributed by atoms with Crippen LogP contribution in [0.5, 0.6) is 5.75 Å². The first-order valence-electron chi connectivity index (χ1n) is 7.11. The molecule has 0 saturated carbocycles. The summed E-state index contributed by atoms with van der Waals surface area (Å²) in [5, 5.41) is 0. The number of hydrogen-bond donors (Lipinski definition) is 1. The summed E-state index contributed by atoms with van der Waals surface area (Å²) < 4.78 is 6.33. The molecule has 0 fully saturated rings. The van der Waals surface area contributed by atoms with E-state index in [4.69, 9.17) is 17.0 Å². The monoisotopic (exact) mass is 303 g/mol. The zero-order valence-electron chi connectivity index (χ0n) is 13.1. The van der Waals surface area contributed by atoms with Crippen LogP contribution in [-0.4, -0.2) is 21.1 Å². The highest BCUT2D eigenvalue weighted by molar-refractivity contribution is 7.71. The third-order valence-corrected chi connectivity index (χ3v) is 3.49. The van der Waals surface area contributed by atoms with Crippen molar-refractivity contribution < 1.29 is 4.74 Å². The van der Waals surface area contributed by atoms with E-state index in [1.165, 1.54) is 0 Å². The van der Waals surface area contributed by atoms with Gasteiger partial charge in [-0.05, 0) is 26.8 Å². The first-order chi connectivity index (χ1) is 9.88. The molecule has 0 unspecified atom stereocenters. The van der Waals surface area contributed by atoms with Crippen LogP contribution in [0.15, 0.2) is 18.5 Å². The highest BCUT2D eigenvalue weighted by Gasteiger charge is 2.11. The summed E-state index contributed by atoms with van der Waals surface area (Å²) in [5.74, 6) is 1.93. The quantitative estimate of drug-likeness (QED) is 0.849. The second-order valence-corrected chi connectivity index (χ2v) is 6.04. The van der Waals surface area contributed by atoms with Crippen LogP contribution in [-0.2, 0) is 0 Å². The number of hydrogen-bond acceptors (Lipinski definition) is 4. The Balaban J connectivity index is 2.53. The largest absolute Gasteiger partial charge is 0.489 e. The molecule has 1 N–H and O–H groups in total. The first-order valence-corrected chi connectivity index (χ1v) is 7.52. The molecule has 0 bridgehead atoms. The number of aromatic nitrogens is 3. The Morgan fingerprint density at radius 1 is 1.19 bits per heavy atom. The van der Waals surface area contributed by atoms with Gasteiger partial charge in [0.05, 0.1) is 18.0 Å². The molecule has 0 saturated heterocycles. The van der Waals surface area contributed by atoms with Gasteiger partial charge in [-0.25, -0.2) is 4.98 Å². The molecule has 2 aromatic rings. The van der Waals surface area contributed by atoms with E-state index >= 15 is 0 Å². The molecule has 0 aliphatic carbocycles. The van der Waals surface area contributed by atoms with Gasteiger partial charge in [0.15, 0.2) is 0 Å². The number of nitrogens with one attached hydrogen (secondary N) is 1. The summed E-state index contributed by atoms with van der Waals surface area (Å²) in [4.78, 5) is 12.1. The number of ether oxygens (including phenoxy) is 1. The number of rotatable bonds is 4. The Morgan fingerprint density at radius 2 is 1.90 bits per heavy atom. The molecule has 0 aliphatic heterocycles. The molecule has 0 aromatic carbocycles. The fraction of sp³-hybridized carbons (Fsp3) is 0.438. The van der Waals surface area contributed by atoms with Crippen LogP contribution in [0.25, 0.3) is 11.3 Å². The summed E-state index contributed by atoms with van der Waals surface area (Å²) in [5.41, 5.74) is 2.87. The minimum Gasteiger partial charge on any atom is -0.489 e. The van der Waals surface area contributed by atoms with E-state index in [0.717, 1.165) is 28.4 Å². The van der Waals surface area contributed by atoms with Crippen molar-refractivity contribution in [1.82, 2.24) is 15.0 Å². The lowest BCUT2D eigenvalue weighted by Crippen LogP contribution is -2.06. The molecule has 0 radical (unpaired) electrons. The maximum atomic E-state index is 5.71. The number of pyridine rings is 1. The fourth-order valence-electron chi connectivity index (χ4n) is 2.00. The lowest BCUT2D eigenvalue weighted by molar-refractivity contribution is 0.241. The van der Waals surface area contributed by atoms with Crippen molar-refractivity contribution in [2.24, 2.45) is 0 Å². The maximum Gasteiger partial charge on any atom is 0.138 e. The smallest absolute Gasteiger partial charge is 0.138 e.